The smallest absolute Gasteiger partial charge is 0.328 e. The van der Waals surface area contributed by atoms with Crippen LogP contribution >= 0.6 is 0 Å². The van der Waals surface area contributed by atoms with Crippen LogP contribution in [0.1, 0.15) is 12.5 Å². The highest BCUT2D eigenvalue weighted by Crippen LogP contribution is 2.21. The molecule has 0 saturated heterocycles. The Balaban J connectivity index is 0.000000416. The van der Waals surface area contributed by atoms with Crippen LogP contribution in [0.25, 0.3) is 0 Å². The summed E-state index contributed by atoms with van der Waals surface area (Å²) in [4.78, 5) is 23.1. The Kier molecular flexibility index (Phi) is 9.84. The van der Waals surface area contributed by atoms with Gasteiger partial charge in [-0.15, -0.1) is 0 Å². The van der Waals surface area contributed by atoms with Crippen LogP contribution in [-0.2, 0) is 26.8 Å². The highest BCUT2D eigenvalue weighted by atomic mass is 32.2. The Morgan fingerprint density at radius 2 is 1.46 bits per heavy atom. The van der Waals surface area contributed by atoms with Crippen LogP contribution in [0.5, 0.6) is 0 Å². The van der Waals surface area contributed by atoms with Gasteiger partial charge in [-0.2, -0.15) is 0 Å². The quantitative estimate of drug-likeness (QED) is 0.690. The van der Waals surface area contributed by atoms with Crippen molar-refractivity contribution in [2.45, 2.75) is 29.2 Å². The van der Waals surface area contributed by atoms with Gasteiger partial charge in [0.05, 0.1) is 10.8 Å². The molecule has 2 aromatic rings. The minimum atomic E-state index is -1.26. The fourth-order valence-electron chi connectivity index (χ4n) is 2.17. The van der Waals surface area contributed by atoms with Crippen molar-refractivity contribution in [2.24, 2.45) is 0 Å². The second-order valence-corrected chi connectivity index (χ2v) is 7.66. The van der Waals surface area contributed by atoms with Crippen molar-refractivity contribution >= 4 is 22.7 Å². The Bertz CT molecular complexity index is 818. The van der Waals surface area contributed by atoms with Crippen LogP contribution in [0.4, 0.5) is 0 Å². The molecule has 0 saturated carbocycles. The van der Waals surface area contributed by atoms with Crippen LogP contribution in [0.2, 0.25) is 0 Å². The molecule has 150 valence electrons. The van der Waals surface area contributed by atoms with Gasteiger partial charge in [0.1, 0.15) is 0 Å². The Morgan fingerprint density at radius 1 is 0.964 bits per heavy atom. The van der Waals surface area contributed by atoms with E-state index in [2.05, 4.69) is 32.0 Å². The predicted molar refractivity (Wildman–Crippen MR) is 109 cm³/mol. The SMILES string of the molecule is CC(Cc1ccccc1S(=O)c1ccccc1)N(C)C.O=C(O)/C=C\C(=O)O. The van der Waals surface area contributed by atoms with Crippen molar-refractivity contribution in [1.82, 2.24) is 4.90 Å². The summed E-state index contributed by atoms with van der Waals surface area (Å²) in [5.74, 6) is -2.51. The number of carboxylic acids is 2. The largest absolute Gasteiger partial charge is 0.478 e. The number of carboxylic acid groups (broad SMARTS) is 2. The number of carbonyl (C=O) groups is 2. The minimum absolute atomic E-state index is 0.420. The van der Waals surface area contributed by atoms with Gasteiger partial charge in [0.25, 0.3) is 0 Å². The van der Waals surface area contributed by atoms with Crippen LogP contribution in [0.15, 0.2) is 76.5 Å². The number of benzene rings is 2. The Hall–Kier alpha value is -2.77. The number of hydrogen-bond donors (Lipinski definition) is 2. The van der Waals surface area contributed by atoms with E-state index < -0.39 is 22.7 Å². The molecule has 2 unspecified atom stereocenters. The summed E-state index contributed by atoms with van der Waals surface area (Å²) in [7, 11) is 3.04. The van der Waals surface area contributed by atoms with E-state index in [-0.39, 0.29) is 0 Å². The van der Waals surface area contributed by atoms with Crippen LogP contribution in [0, 0.1) is 0 Å². The normalized spacial score (nSPS) is 12.9. The number of nitrogens with zero attached hydrogens (tertiary/aromatic N) is 1. The van der Waals surface area contributed by atoms with Gasteiger partial charge in [0.2, 0.25) is 0 Å². The van der Waals surface area contributed by atoms with E-state index in [0.717, 1.165) is 21.8 Å². The van der Waals surface area contributed by atoms with E-state index in [4.69, 9.17) is 10.2 Å². The summed E-state index contributed by atoms with van der Waals surface area (Å²) in [5.41, 5.74) is 1.16. The molecule has 2 rings (SSSR count). The third kappa shape index (κ3) is 8.28. The molecule has 0 bridgehead atoms. The molecule has 0 aromatic heterocycles. The lowest BCUT2D eigenvalue weighted by Gasteiger charge is -2.21. The lowest BCUT2D eigenvalue weighted by molar-refractivity contribution is -0.134. The molecule has 2 N–H and O–H groups in total. The molecule has 7 heteroatoms. The first-order valence-electron chi connectivity index (χ1n) is 8.57. The zero-order valence-corrected chi connectivity index (χ0v) is 16.9. The molecule has 0 aliphatic rings. The second kappa shape index (κ2) is 11.8. The Labute approximate surface area is 167 Å². The molecule has 0 fully saturated rings. The van der Waals surface area contributed by atoms with Gasteiger partial charge in [-0.25, -0.2) is 13.8 Å². The van der Waals surface area contributed by atoms with Crippen molar-refractivity contribution in [2.75, 3.05) is 14.1 Å². The summed E-state index contributed by atoms with van der Waals surface area (Å²) in [6, 6.07) is 18.1. The van der Waals surface area contributed by atoms with E-state index >= 15 is 0 Å². The number of likely N-dealkylation sites (N-methyl/N-ethyl adjacent to an activating group) is 1. The lowest BCUT2D eigenvalue weighted by Crippen LogP contribution is -2.27. The molecule has 28 heavy (non-hydrogen) atoms. The second-order valence-electron chi connectivity index (χ2n) is 6.22. The first-order chi connectivity index (χ1) is 13.2. The molecule has 0 aliphatic carbocycles. The summed E-state index contributed by atoms with van der Waals surface area (Å²) in [6.45, 7) is 2.18. The van der Waals surface area contributed by atoms with Crippen molar-refractivity contribution in [3.05, 3.63) is 72.3 Å². The van der Waals surface area contributed by atoms with Crippen LogP contribution in [-0.4, -0.2) is 51.4 Å². The average molecular weight is 404 g/mol. The number of hydrogen-bond acceptors (Lipinski definition) is 4. The zero-order chi connectivity index (χ0) is 21.1. The number of rotatable bonds is 7. The molecule has 0 heterocycles. The van der Waals surface area contributed by atoms with Gasteiger partial charge >= 0.3 is 11.9 Å². The maximum absolute atomic E-state index is 12.7. The highest BCUT2D eigenvalue weighted by Gasteiger charge is 2.14. The summed E-state index contributed by atoms with van der Waals surface area (Å²) < 4.78 is 12.7. The Morgan fingerprint density at radius 3 is 1.96 bits per heavy atom. The van der Waals surface area contributed by atoms with Gasteiger partial charge in [0.15, 0.2) is 0 Å². The third-order valence-corrected chi connectivity index (χ3v) is 5.39. The maximum Gasteiger partial charge on any atom is 0.328 e. The van der Waals surface area contributed by atoms with E-state index in [9.17, 15) is 13.8 Å². The molecule has 0 spiro atoms. The van der Waals surface area contributed by atoms with Crippen molar-refractivity contribution < 1.29 is 24.0 Å². The van der Waals surface area contributed by atoms with E-state index in [1.165, 1.54) is 0 Å². The fraction of sp³-hybridized carbons (Fsp3) is 0.238. The highest BCUT2D eigenvalue weighted by molar-refractivity contribution is 7.85. The lowest BCUT2D eigenvalue weighted by atomic mass is 10.1. The minimum Gasteiger partial charge on any atom is -0.478 e. The van der Waals surface area contributed by atoms with Crippen molar-refractivity contribution in [3.63, 3.8) is 0 Å². The monoisotopic (exact) mass is 403 g/mol. The summed E-state index contributed by atoms with van der Waals surface area (Å²) >= 11 is 0. The molecule has 2 atom stereocenters. The maximum atomic E-state index is 12.7. The van der Waals surface area contributed by atoms with Gasteiger partial charge < -0.3 is 15.1 Å². The molecular weight excluding hydrogens is 378 g/mol. The van der Waals surface area contributed by atoms with Crippen LogP contribution in [0.3, 0.4) is 0 Å². The zero-order valence-electron chi connectivity index (χ0n) is 16.1. The van der Waals surface area contributed by atoms with Gasteiger partial charge in [-0.3, -0.25) is 0 Å². The first kappa shape index (κ1) is 23.3. The summed E-state index contributed by atoms with van der Waals surface area (Å²) in [5, 5.41) is 15.6. The van der Waals surface area contributed by atoms with Crippen molar-refractivity contribution in [3.8, 4) is 0 Å². The van der Waals surface area contributed by atoms with Gasteiger partial charge in [0, 0.05) is 28.0 Å². The third-order valence-electron chi connectivity index (χ3n) is 3.89. The molecule has 0 radical (unpaired) electrons. The molecular formula is C21H25NO5S. The first-order valence-corrected chi connectivity index (χ1v) is 9.72. The molecule has 0 aliphatic heterocycles. The van der Waals surface area contributed by atoms with E-state index in [0.29, 0.717) is 18.2 Å². The fourth-order valence-corrected chi connectivity index (χ4v) is 3.42. The van der Waals surface area contributed by atoms with Gasteiger partial charge in [-0.1, -0.05) is 36.4 Å². The summed E-state index contributed by atoms with van der Waals surface area (Å²) in [6.07, 6.45) is 2.02. The van der Waals surface area contributed by atoms with Crippen LogP contribution < -0.4 is 0 Å². The van der Waals surface area contributed by atoms with E-state index in [1.807, 2.05) is 48.5 Å². The predicted octanol–water partition coefficient (Wildman–Crippen LogP) is 3.06. The molecule has 6 nitrogen and oxygen atoms in total. The molecule has 0 amide bonds. The topological polar surface area (TPSA) is 94.9 Å². The standard InChI is InChI=1S/C17H21NOS.C4H4O4/c1-14(18(2)3)13-15-9-7-8-12-17(15)20(19)16-10-5-4-6-11-16;5-3(6)1-2-4(7)8/h4-12,14H,13H2,1-3H3;1-2H,(H,5,6)(H,7,8)/b;2-1-. The number of aliphatic carboxylic acids is 2. The molecule has 2 aromatic carbocycles. The van der Waals surface area contributed by atoms with Gasteiger partial charge in [-0.05, 0) is 51.2 Å². The average Bonchev–Trinajstić information content (AvgIpc) is 2.67. The van der Waals surface area contributed by atoms with E-state index in [1.54, 1.807) is 0 Å². The van der Waals surface area contributed by atoms with Crippen molar-refractivity contribution in [1.29, 1.82) is 0 Å².